The number of hydrogen-bond acceptors (Lipinski definition) is 4. The van der Waals surface area contributed by atoms with E-state index < -0.39 is 5.54 Å². The summed E-state index contributed by atoms with van der Waals surface area (Å²) in [5.41, 5.74) is 4.76. The summed E-state index contributed by atoms with van der Waals surface area (Å²) in [6.07, 6.45) is 1.72. The molecule has 1 amide bonds. The first-order chi connectivity index (χ1) is 8.42. The molecule has 3 N–H and O–H groups in total. The van der Waals surface area contributed by atoms with Crippen molar-refractivity contribution in [1.82, 2.24) is 5.32 Å². The van der Waals surface area contributed by atoms with Crippen LogP contribution in [-0.4, -0.2) is 43.9 Å². The average Bonchev–Trinajstić information content (AvgIpc) is 2.27. The Kier molecular flexibility index (Phi) is 8.97. The average molecular weight is 260 g/mol. The number of ether oxygens (including phenoxy) is 2. The molecule has 1 atom stereocenters. The molecular weight excluding hydrogens is 232 g/mol. The summed E-state index contributed by atoms with van der Waals surface area (Å²) in [5.74, 6) is -0.313. The van der Waals surface area contributed by atoms with Gasteiger partial charge >= 0.3 is 0 Å². The van der Waals surface area contributed by atoms with Crippen LogP contribution in [0.3, 0.4) is 0 Å². The normalized spacial score (nSPS) is 14.7. The van der Waals surface area contributed by atoms with Crippen LogP contribution in [0.25, 0.3) is 0 Å². The maximum absolute atomic E-state index is 11.4. The number of rotatable bonds is 11. The van der Waals surface area contributed by atoms with Crippen molar-refractivity contribution < 1.29 is 14.3 Å². The molecule has 0 radical (unpaired) electrons. The Bertz CT molecular complexity index is 234. The van der Waals surface area contributed by atoms with Crippen LogP contribution in [0.1, 0.15) is 40.5 Å². The highest BCUT2D eigenvalue weighted by atomic mass is 16.5. The maximum atomic E-state index is 11.4. The summed E-state index contributed by atoms with van der Waals surface area (Å²) in [5, 5.41) is 3.12. The number of carbonyl (C=O) groups excluding carboxylic acids is 1. The van der Waals surface area contributed by atoms with Gasteiger partial charge in [-0.15, -0.1) is 0 Å². The van der Waals surface area contributed by atoms with Gasteiger partial charge in [0, 0.05) is 6.61 Å². The minimum atomic E-state index is -0.632. The zero-order chi connectivity index (χ0) is 14.0. The summed E-state index contributed by atoms with van der Waals surface area (Å²) in [6, 6.07) is 0. The highest BCUT2D eigenvalue weighted by Gasteiger charge is 2.28. The van der Waals surface area contributed by atoms with Crippen LogP contribution in [0.2, 0.25) is 0 Å². The molecule has 0 spiro atoms. The van der Waals surface area contributed by atoms with E-state index in [2.05, 4.69) is 5.32 Å². The number of amides is 1. The van der Waals surface area contributed by atoms with Crippen LogP contribution in [-0.2, 0) is 14.3 Å². The van der Waals surface area contributed by atoms with Crippen LogP contribution < -0.4 is 11.1 Å². The maximum Gasteiger partial charge on any atom is 0.237 e. The first-order valence-electron chi connectivity index (χ1n) is 6.66. The molecule has 0 fully saturated rings. The van der Waals surface area contributed by atoms with Crippen LogP contribution in [0.15, 0.2) is 0 Å². The lowest BCUT2D eigenvalue weighted by Crippen LogP contribution is -2.53. The van der Waals surface area contributed by atoms with E-state index in [1.165, 1.54) is 0 Å². The smallest absolute Gasteiger partial charge is 0.237 e. The summed E-state index contributed by atoms with van der Waals surface area (Å²) in [4.78, 5) is 11.4. The van der Waals surface area contributed by atoms with Gasteiger partial charge in [0.1, 0.15) is 0 Å². The van der Waals surface area contributed by atoms with Gasteiger partial charge in [0.25, 0.3) is 0 Å². The van der Waals surface area contributed by atoms with E-state index in [0.29, 0.717) is 26.2 Å². The van der Waals surface area contributed by atoms with Crippen molar-refractivity contribution in [1.29, 1.82) is 0 Å². The van der Waals surface area contributed by atoms with E-state index in [4.69, 9.17) is 15.2 Å². The molecule has 1 unspecified atom stereocenters. The Labute approximate surface area is 110 Å². The van der Waals surface area contributed by atoms with E-state index in [1.807, 2.05) is 27.7 Å². The molecule has 0 aromatic heterocycles. The molecule has 5 nitrogen and oxygen atoms in total. The van der Waals surface area contributed by atoms with Crippen LogP contribution in [0.4, 0.5) is 0 Å². The molecule has 0 aliphatic carbocycles. The largest absolute Gasteiger partial charge is 0.379 e. The predicted molar refractivity (Wildman–Crippen MR) is 72.4 cm³/mol. The van der Waals surface area contributed by atoms with E-state index in [0.717, 1.165) is 13.0 Å². The third-order valence-corrected chi connectivity index (χ3v) is 2.76. The van der Waals surface area contributed by atoms with Crippen molar-refractivity contribution >= 4 is 5.91 Å². The zero-order valence-corrected chi connectivity index (χ0v) is 12.1. The molecule has 0 rings (SSSR count). The fraction of sp³-hybridized carbons (Fsp3) is 0.923. The van der Waals surface area contributed by atoms with Gasteiger partial charge in [-0.1, -0.05) is 6.92 Å². The molecule has 0 saturated carbocycles. The number of likely N-dealkylation sites (N-methyl/N-ethyl adjacent to an activating group) is 1. The second-order valence-electron chi connectivity index (χ2n) is 4.86. The number of nitrogens with one attached hydrogen (secondary N) is 1. The van der Waals surface area contributed by atoms with E-state index >= 15 is 0 Å². The second kappa shape index (κ2) is 9.30. The van der Waals surface area contributed by atoms with Crippen molar-refractivity contribution in [2.24, 2.45) is 5.73 Å². The van der Waals surface area contributed by atoms with Gasteiger partial charge < -0.3 is 20.5 Å². The van der Waals surface area contributed by atoms with Gasteiger partial charge in [-0.2, -0.15) is 0 Å². The van der Waals surface area contributed by atoms with Gasteiger partial charge in [-0.3, -0.25) is 4.79 Å². The molecule has 0 saturated heterocycles. The van der Waals surface area contributed by atoms with Crippen LogP contribution in [0, 0.1) is 0 Å². The third-order valence-electron chi connectivity index (χ3n) is 2.76. The van der Waals surface area contributed by atoms with E-state index in [1.54, 1.807) is 0 Å². The van der Waals surface area contributed by atoms with Gasteiger partial charge in [0.05, 0.1) is 24.9 Å². The van der Waals surface area contributed by atoms with E-state index in [-0.39, 0.29) is 12.0 Å². The van der Waals surface area contributed by atoms with Gasteiger partial charge in [0.15, 0.2) is 0 Å². The van der Waals surface area contributed by atoms with Crippen molar-refractivity contribution in [2.75, 3.05) is 26.4 Å². The van der Waals surface area contributed by atoms with Crippen molar-refractivity contribution in [3.63, 3.8) is 0 Å². The molecule has 0 aromatic carbocycles. The second-order valence-corrected chi connectivity index (χ2v) is 4.86. The molecule has 0 aliphatic rings. The SMILES string of the molecule is CCNC(C)(CCCOCCOC(C)C)C(N)=O. The van der Waals surface area contributed by atoms with Gasteiger partial charge in [-0.05, 0) is 40.2 Å². The molecule has 0 aromatic rings. The zero-order valence-electron chi connectivity index (χ0n) is 12.1. The van der Waals surface area contributed by atoms with Crippen LogP contribution in [0.5, 0.6) is 0 Å². The van der Waals surface area contributed by atoms with Gasteiger partial charge in [0.2, 0.25) is 5.91 Å². The summed E-state index contributed by atoms with van der Waals surface area (Å²) >= 11 is 0. The Morgan fingerprint density at radius 3 is 2.50 bits per heavy atom. The first kappa shape index (κ1) is 17.4. The minimum absolute atomic E-state index is 0.237. The molecule has 18 heavy (non-hydrogen) atoms. The Hall–Kier alpha value is -0.650. The lowest BCUT2D eigenvalue weighted by Gasteiger charge is -2.26. The molecule has 108 valence electrons. The minimum Gasteiger partial charge on any atom is -0.379 e. The molecule has 0 bridgehead atoms. The first-order valence-corrected chi connectivity index (χ1v) is 6.66. The van der Waals surface area contributed by atoms with Crippen molar-refractivity contribution in [2.45, 2.75) is 52.2 Å². The Morgan fingerprint density at radius 1 is 1.33 bits per heavy atom. The fourth-order valence-corrected chi connectivity index (χ4v) is 1.66. The van der Waals surface area contributed by atoms with E-state index in [9.17, 15) is 4.79 Å². The summed E-state index contributed by atoms with van der Waals surface area (Å²) < 4.78 is 10.8. The predicted octanol–water partition coefficient (Wildman–Crippen LogP) is 1.06. The highest BCUT2D eigenvalue weighted by Crippen LogP contribution is 2.11. The number of primary amides is 1. The monoisotopic (exact) mass is 260 g/mol. The molecule has 5 heteroatoms. The summed E-state index contributed by atoms with van der Waals surface area (Å²) in [7, 11) is 0. The number of carbonyl (C=O) groups is 1. The Balaban J connectivity index is 3.65. The topological polar surface area (TPSA) is 73.6 Å². The highest BCUT2D eigenvalue weighted by molar-refractivity contribution is 5.84. The standard InChI is InChI=1S/C13H28N2O3/c1-5-15-13(4,12(14)16)7-6-8-17-9-10-18-11(2)3/h11,15H,5-10H2,1-4H3,(H2,14,16). The number of nitrogens with two attached hydrogens (primary N) is 1. The van der Waals surface area contributed by atoms with Crippen LogP contribution >= 0.6 is 0 Å². The Morgan fingerprint density at radius 2 is 2.00 bits per heavy atom. The van der Waals surface area contributed by atoms with Gasteiger partial charge in [-0.25, -0.2) is 0 Å². The fourth-order valence-electron chi connectivity index (χ4n) is 1.66. The molecule has 0 aliphatic heterocycles. The summed E-state index contributed by atoms with van der Waals surface area (Å²) in [6.45, 7) is 10.3. The quantitative estimate of drug-likeness (QED) is 0.545. The number of hydrogen-bond donors (Lipinski definition) is 2. The molecular formula is C13H28N2O3. The lowest BCUT2D eigenvalue weighted by atomic mass is 9.95. The lowest BCUT2D eigenvalue weighted by molar-refractivity contribution is -0.124. The third kappa shape index (κ3) is 7.63. The van der Waals surface area contributed by atoms with Crippen molar-refractivity contribution in [3.05, 3.63) is 0 Å². The molecule has 0 heterocycles. The van der Waals surface area contributed by atoms with Crippen molar-refractivity contribution in [3.8, 4) is 0 Å².